The van der Waals surface area contributed by atoms with Crippen LogP contribution in [0.3, 0.4) is 0 Å². The normalized spacial score (nSPS) is 29.2. The van der Waals surface area contributed by atoms with Crippen LogP contribution < -0.4 is 16.8 Å². The van der Waals surface area contributed by atoms with Crippen molar-refractivity contribution in [1.82, 2.24) is 10.2 Å². The number of hydrogen-bond donors (Lipinski definition) is 3. The molecule has 1 saturated carbocycles. The third kappa shape index (κ3) is 3.83. The highest BCUT2D eigenvalue weighted by Gasteiger charge is 2.27. The van der Waals surface area contributed by atoms with Crippen molar-refractivity contribution < 1.29 is 9.59 Å². The lowest BCUT2D eigenvalue weighted by Gasteiger charge is -2.35. The third-order valence-electron chi connectivity index (χ3n) is 4.41. The number of piperidine rings is 1. The maximum Gasteiger partial charge on any atom is 0.314 e. The minimum Gasteiger partial charge on any atom is -0.369 e. The Kier molecular flexibility index (Phi) is 4.63. The number of amides is 3. The van der Waals surface area contributed by atoms with E-state index in [2.05, 4.69) is 5.32 Å². The Morgan fingerprint density at radius 3 is 1.89 bits per heavy atom. The average Bonchev–Trinajstić information content (AvgIpc) is 2.40. The van der Waals surface area contributed by atoms with Crippen molar-refractivity contribution >= 4 is 11.9 Å². The first-order valence-corrected chi connectivity index (χ1v) is 7.16. The fraction of sp³-hybridized carbons (Fsp3) is 0.846. The second-order valence-electron chi connectivity index (χ2n) is 5.72. The zero-order chi connectivity index (χ0) is 13.8. The molecule has 6 nitrogen and oxygen atoms in total. The molecule has 1 aliphatic carbocycles. The number of nitrogens with zero attached hydrogens (tertiary/aromatic N) is 1. The van der Waals surface area contributed by atoms with Gasteiger partial charge in [0.2, 0.25) is 5.91 Å². The molecule has 0 spiro atoms. The smallest absolute Gasteiger partial charge is 0.314 e. The number of nitrogens with one attached hydrogen (secondary N) is 1. The summed E-state index contributed by atoms with van der Waals surface area (Å²) in [5.41, 5.74) is 10.6. The van der Waals surface area contributed by atoms with Gasteiger partial charge in [0, 0.05) is 31.1 Å². The van der Waals surface area contributed by atoms with Crippen LogP contribution in [0.25, 0.3) is 0 Å². The average molecular weight is 268 g/mol. The lowest BCUT2D eigenvalue weighted by atomic mass is 9.85. The number of carbonyl (C=O) groups is 2. The highest BCUT2D eigenvalue weighted by atomic mass is 16.2. The maximum atomic E-state index is 11.1. The van der Waals surface area contributed by atoms with E-state index in [0.29, 0.717) is 12.1 Å². The predicted octanol–water partition coefficient (Wildman–Crippen LogP) is 0.163. The molecular weight excluding hydrogens is 244 g/mol. The Bertz CT molecular complexity index is 300. The Labute approximate surface area is 113 Å². The molecule has 6 heteroatoms. The van der Waals surface area contributed by atoms with Gasteiger partial charge in [-0.25, -0.2) is 4.79 Å². The van der Waals surface area contributed by atoms with Gasteiger partial charge in [0.1, 0.15) is 0 Å². The first-order valence-electron chi connectivity index (χ1n) is 7.16. The summed E-state index contributed by atoms with van der Waals surface area (Å²) in [6, 6.07) is 0.631. The zero-order valence-electron chi connectivity index (χ0n) is 11.3. The van der Waals surface area contributed by atoms with Crippen LogP contribution in [0.4, 0.5) is 4.79 Å². The number of primary amides is 2. The van der Waals surface area contributed by atoms with Crippen molar-refractivity contribution in [1.29, 1.82) is 0 Å². The van der Waals surface area contributed by atoms with Crippen LogP contribution >= 0.6 is 0 Å². The van der Waals surface area contributed by atoms with Crippen LogP contribution in [0.5, 0.6) is 0 Å². The van der Waals surface area contributed by atoms with Crippen LogP contribution in [0.15, 0.2) is 0 Å². The standard InChI is InChI=1S/C13H24N4O2/c14-12(18)9-1-3-10(4-2-9)16-11-5-7-17(8-6-11)13(15)19/h9-11,16H,1-8H2,(H2,14,18)(H2,15,19). The summed E-state index contributed by atoms with van der Waals surface area (Å²) in [5.74, 6) is -0.0945. The summed E-state index contributed by atoms with van der Waals surface area (Å²) in [6.07, 6.45) is 5.74. The highest BCUT2D eigenvalue weighted by molar-refractivity contribution is 5.76. The Hall–Kier alpha value is -1.30. The van der Waals surface area contributed by atoms with Crippen molar-refractivity contribution in [3.05, 3.63) is 0 Å². The van der Waals surface area contributed by atoms with E-state index in [1.165, 1.54) is 0 Å². The van der Waals surface area contributed by atoms with Crippen LogP contribution in [-0.4, -0.2) is 42.0 Å². The van der Waals surface area contributed by atoms with Gasteiger partial charge >= 0.3 is 6.03 Å². The zero-order valence-corrected chi connectivity index (χ0v) is 11.3. The largest absolute Gasteiger partial charge is 0.369 e. The molecule has 0 unspecified atom stereocenters. The van der Waals surface area contributed by atoms with Crippen LogP contribution in [0.1, 0.15) is 38.5 Å². The first-order chi connectivity index (χ1) is 9.06. The lowest BCUT2D eigenvalue weighted by molar-refractivity contribution is -0.122. The third-order valence-corrected chi connectivity index (χ3v) is 4.41. The van der Waals surface area contributed by atoms with Gasteiger partial charge in [-0.2, -0.15) is 0 Å². The molecule has 1 heterocycles. The summed E-state index contributed by atoms with van der Waals surface area (Å²) in [7, 11) is 0. The molecule has 1 saturated heterocycles. The Morgan fingerprint density at radius 1 is 0.895 bits per heavy atom. The van der Waals surface area contributed by atoms with E-state index in [1.54, 1.807) is 4.90 Å². The summed E-state index contributed by atoms with van der Waals surface area (Å²) in [6.45, 7) is 1.48. The van der Waals surface area contributed by atoms with Gasteiger partial charge in [0.25, 0.3) is 0 Å². The SMILES string of the molecule is NC(=O)C1CCC(NC2CCN(C(N)=O)CC2)CC1. The van der Waals surface area contributed by atoms with Crippen LogP contribution in [0, 0.1) is 5.92 Å². The van der Waals surface area contributed by atoms with E-state index in [-0.39, 0.29) is 17.9 Å². The summed E-state index contributed by atoms with van der Waals surface area (Å²) in [4.78, 5) is 23.8. The fourth-order valence-electron chi connectivity index (χ4n) is 3.14. The van der Waals surface area contributed by atoms with Crippen molar-refractivity contribution in [2.24, 2.45) is 17.4 Å². The molecule has 0 aromatic carbocycles. The summed E-state index contributed by atoms with van der Waals surface area (Å²) >= 11 is 0. The molecule has 1 aliphatic heterocycles. The van der Waals surface area contributed by atoms with Crippen molar-refractivity contribution in [3.8, 4) is 0 Å². The minimum absolute atomic E-state index is 0.0646. The molecule has 19 heavy (non-hydrogen) atoms. The van der Waals surface area contributed by atoms with E-state index in [4.69, 9.17) is 11.5 Å². The Morgan fingerprint density at radius 2 is 1.42 bits per heavy atom. The van der Waals surface area contributed by atoms with E-state index in [9.17, 15) is 9.59 Å². The molecule has 3 amide bonds. The summed E-state index contributed by atoms with van der Waals surface area (Å²) < 4.78 is 0. The molecule has 0 radical (unpaired) electrons. The fourth-order valence-corrected chi connectivity index (χ4v) is 3.14. The molecule has 2 fully saturated rings. The number of carbonyl (C=O) groups excluding carboxylic acids is 2. The van der Waals surface area contributed by atoms with Crippen molar-refractivity contribution in [2.45, 2.75) is 50.6 Å². The van der Waals surface area contributed by atoms with E-state index >= 15 is 0 Å². The number of urea groups is 1. The van der Waals surface area contributed by atoms with E-state index in [0.717, 1.165) is 51.6 Å². The van der Waals surface area contributed by atoms with Crippen molar-refractivity contribution in [2.75, 3.05) is 13.1 Å². The molecule has 5 N–H and O–H groups in total. The van der Waals surface area contributed by atoms with E-state index in [1.807, 2.05) is 0 Å². The molecular formula is C13H24N4O2. The maximum absolute atomic E-state index is 11.1. The predicted molar refractivity (Wildman–Crippen MR) is 72.3 cm³/mol. The topological polar surface area (TPSA) is 101 Å². The molecule has 0 aromatic rings. The Balaban J connectivity index is 1.69. The quantitative estimate of drug-likeness (QED) is 0.679. The minimum atomic E-state index is -0.319. The van der Waals surface area contributed by atoms with Gasteiger partial charge in [-0.05, 0) is 38.5 Å². The first kappa shape index (κ1) is 14.1. The van der Waals surface area contributed by atoms with Crippen LogP contribution in [-0.2, 0) is 4.79 Å². The molecule has 2 aliphatic rings. The van der Waals surface area contributed by atoms with Gasteiger partial charge in [-0.3, -0.25) is 4.79 Å². The molecule has 0 aromatic heterocycles. The molecule has 0 bridgehead atoms. The molecule has 0 atom stereocenters. The number of nitrogens with two attached hydrogens (primary N) is 2. The van der Waals surface area contributed by atoms with Gasteiger partial charge < -0.3 is 21.7 Å². The number of likely N-dealkylation sites (tertiary alicyclic amines) is 1. The second-order valence-corrected chi connectivity index (χ2v) is 5.72. The monoisotopic (exact) mass is 268 g/mol. The van der Waals surface area contributed by atoms with Crippen molar-refractivity contribution in [3.63, 3.8) is 0 Å². The van der Waals surface area contributed by atoms with E-state index < -0.39 is 0 Å². The van der Waals surface area contributed by atoms with Crippen LogP contribution in [0.2, 0.25) is 0 Å². The highest BCUT2D eigenvalue weighted by Crippen LogP contribution is 2.25. The van der Waals surface area contributed by atoms with Gasteiger partial charge in [0.05, 0.1) is 0 Å². The number of rotatable bonds is 3. The van der Waals surface area contributed by atoms with Gasteiger partial charge in [-0.1, -0.05) is 0 Å². The number of hydrogen-bond acceptors (Lipinski definition) is 3. The van der Waals surface area contributed by atoms with Gasteiger partial charge in [-0.15, -0.1) is 0 Å². The molecule has 108 valence electrons. The molecule has 2 rings (SSSR count). The van der Waals surface area contributed by atoms with Gasteiger partial charge in [0.15, 0.2) is 0 Å². The summed E-state index contributed by atoms with van der Waals surface area (Å²) in [5, 5.41) is 3.65. The second kappa shape index (κ2) is 6.23. The lowest BCUT2D eigenvalue weighted by Crippen LogP contribution is -2.50.